The molecule has 0 aliphatic heterocycles. The highest BCUT2D eigenvalue weighted by Gasteiger charge is 2.20. The first-order valence-corrected chi connectivity index (χ1v) is 8.60. The van der Waals surface area contributed by atoms with Gasteiger partial charge in [-0.1, -0.05) is 42.5 Å². The van der Waals surface area contributed by atoms with Crippen LogP contribution < -0.4 is 10.1 Å². The zero-order chi connectivity index (χ0) is 18.5. The van der Waals surface area contributed by atoms with Gasteiger partial charge in [-0.3, -0.25) is 4.98 Å². The van der Waals surface area contributed by atoms with Crippen LogP contribution in [-0.4, -0.2) is 30.1 Å². The normalized spacial score (nSPS) is 11.4. The van der Waals surface area contributed by atoms with Gasteiger partial charge in [0, 0.05) is 17.6 Å². The number of fused-ring (bicyclic) bond motifs is 1. The number of pyridine rings is 1. The van der Waals surface area contributed by atoms with Gasteiger partial charge in [-0.05, 0) is 25.5 Å². The van der Waals surface area contributed by atoms with Crippen molar-refractivity contribution in [2.75, 3.05) is 19.0 Å². The summed E-state index contributed by atoms with van der Waals surface area (Å²) < 4.78 is 10.6. The second kappa shape index (κ2) is 9.00. The molecule has 0 fully saturated rings. The van der Waals surface area contributed by atoms with Crippen LogP contribution >= 0.6 is 0 Å². The Balaban J connectivity index is 0.00000261. The third kappa shape index (κ3) is 4.17. The van der Waals surface area contributed by atoms with Gasteiger partial charge in [-0.15, -0.1) is 0 Å². The Morgan fingerprint density at radius 2 is 1.89 bits per heavy atom. The standard InChI is InChI=1S/C21H22N2O3.H2O/c1-4-26-21(24)17-13-22-20-16(11-8-12-18(20)25-3)19(17)23-14(2)15-9-6-5-7-10-15;/h5-14H,4H2,1-3H3,(H,22,23);1H2. The van der Waals surface area contributed by atoms with Crippen LogP contribution in [0.1, 0.15) is 35.8 Å². The quantitative estimate of drug-likeness (QED) is 0.669. The molecule has 3 rings (SSSR count). The van der Waals surface area contributed by atoms with Crippen molar-refractivity contribution in [2.45, 2.75) is 19.9 Å². The third-order valence-corrected chi connectivity index (χ3v) is 4.24. The van der Waals surface area contributed by atoms with Crippen LogP contribution in [0, 0.1) is 0 Å². The fourth-order valence-electron chi connectivity index (χ4n) is 2.92. The lowest BCUT2D eigenvalue weighted by molar-refractivity contribution is 0.0527. The third-order valence-electron chi connectivity index (χ3n) is 4.24. The molecule has 1 heterocycles. The summed E-state index contributed by atoms with van der Waals surface area (Å²) in [7, 11) is 1.61. The molecule has 0 saturated carbocycles. The number of methoxy groups -OCH3 is 1. The van der Waals surface area contributed by atoms with Gasteiger partial charge in [0.1, 0.15) is 16.8 Å². The van der Waals surface area contributed by atoms with Crippen molar-refractivity contribution in [3.05, 3.63) is 65.9 Å². The molecule has 0 amide bonds. The Labute approximate surface area is 158 Å². The predicted octanol–water partition coefficient (Wildman–Crippen LogP) is 3.77. The monoisotopic (exact) mass is 368 g/mol. The van der Waals surface area contributed by atoms with Gasteiger partial charge in [-0.25, -0.2) is 4.79 Å². The molecule has 27 heavy (non-hydrogen) atoms. The van der Waals surface area contributed by atoms with Crippen molar-refractivity contribution in [2.24, 2.45) is 0 Å². The van der Waals surface area contributed by atoms with Crippen LogP contribution in [0.2, 0.25) is 0 Å². The van der Waals surface area contributed by atoms with Gasteiger partial charge in [-0.2, -0.15) is 0 Å². The number of hydrogen-bond donors (Lipinski definition) is 1. The molecule has 0 bridgehead atoms. The lowest BCUT2D eigenvalue weighted by Crippen LogP contribution is -2.14. The molecule has 6 heteroatoms. The number of ether oxygens (including phenoxy) is 2. The van der Waals surface area contributed by atoms with Crippen LogP contribution in [0.15, 0.2) is 54.7 Å². The molecule has 0 spiro atoms. The number of esters is 1. The van der Waals surface area contributed by atoms with Crippen LogP contribution in [0.4, 0.5) is 5.69 Å². The molecule has 3 aromatic rings. The van der Waals surface area contributed by atoms with Crippen LogP contribution in [-0.2, 0) is 4.74 Å². The topological polar surface area (TPSA) is 92.0 Å². The van der Waals surface area contributed by atoms with Gasteiger partial charge >= 0.3 is 5.97 Å². The first-order chi connectivity index (χ1) is 12.7. The van der Waals surface area contributed by atoms with E-state index in [0.717, 1.165) is 10.9 Å². The highest BCUT2D eigenvalue weighted by Crippen LogP contribution is 2.34. The highest BCUT2D eigenvalue weighted by atomic mass is 16.5. The largest absolute Gasteiger partial charge is 0.494 e. The molecule has 1 unspecified atom stereocenters. The number of nitrogens with one attached hydrogen (secondary N) is 1. The molecule has 0 aliphatic rings. The van der Waals surface area contributed by atoms with E-state index in [1.807, 2.05) is 48.5 Å². The Kier molecular flexibility index (Phi) is 6.73. The molecule has 3 N–H and O–H groups in total. The second-order valence-corrected chi connectivity index (χ2v) is 5.90. The maximum atomic E-state index is 12.4. The number of nitrogens with zero attached hydrogens (tertiary/aromatic N) is 1. The summed E-state index contributed by atoms with van der Waals surface area (Å²) in [6, 6.07) is 15.7. The number of para-hydroxylation sites is 1. The van der Waals surface area contributed by atoms with E-state index in [1.54, 1.807) is 20.2 Å². The average molecular weight is 368 g/mol. The minimum Gasteiger partial charge on any atom is -0.494 e. The van der Waals surface area contributed by atoms with Gasteiger partial charge in [0.2, 0.25) is 0 Å². The van der Waals surface area contributed by atoms with Crippen molar-refractivity contribution in [3.63, 3.8) is 0 Å². The molecule has 0 saturated heterocycles. The van der Waals surface area contributed by atoms with Crippen molar-refractivity contribution in [1.29, 1.82) is 0 Å². The van der Waals surface area contributed by atoms with Gasteiger partial charge < -0.3 is 20.3 Å². The van der Waals surface area contributed by atoms with E-state index < -0.39 is 5.97 Å². The van der Waals surface area contributed by atoms with E-state index in [4.69, 9.17) is 9.47 Å². The molecule has 142 valence electrons. The van der Waals surface area contributed by atoms with Crippen molar-refractivity contribution < 1.29 is 19.7 Å². The van der Waals surface area contributed by atoms with Crippen molar-refractivity contribution >= 4 is 22.6 Å². The lowest BCUT2D eigenvalue weighted by atomic mass is 10.0. The number of rotatable bonds is 6. The second-order valence-electron chi connectivity index (χ2n) is 5.90. The molecule has 0 radical (unpaired) electrons. The van der Waals surface area contributed by atoms with E-state index in [1.165, 1.54) is 0 Å². The Morgan fingerprint density at radius 3 is 2.56 bits per heavy atom. The Hall–Kier alpha value is -3.12. The van der Waals surface area contributed by atoms with E-state index in [-0.39, 0.29) is 11.5 Å². The molecular formula is C21H24N2O4. The van der Waals surface area contributed by atoms with Crippen LogP contribution in [0.5, 0.6) is 5.75 Å². The van der Waals surface area contributed by atoms with E-state index >= 15 is 0 Å². The fraction of sp³-hybridized carbons (Fsp3) is 0.238. The summed E-state index contributed by atoms with van der Waals surface area (Å²) in [5.74, 6) is 0.265. The van der Waals surface area contributed by atoms with Crippen molar-refractivity contribution in [3.8, 4) is 5.75 Å². The molecule has 1 aromatic heterocycles. The van der Waals surface area contributed by atoms with E-state index in [0.29, 0.717) is 29.1 Å². The zero-order valence-corrected chi connectivity index (χ0v) is 15.7. The van der Waals surface area contributed by atoms with Gasteiger partial charge in [0.15, 0.2) is 0 Å². The fourth-order valence-corrected chi connectivity index (χ4v) is 2.92. The van der Waals surface area contributed by atoms with Crippen LogP contribution in [0.25, 0.3) is 10.9 Å². The minimum absolute atomic E-state index is 0. The first kappa shape index (κ1) is 20.2. The van der Waals surface area contributed by atoms with Gasteiger partial charge in [0.25, 0.3) is 0 Å². The number of carbonyl (C=O) groups is 1. The van der Waals surface area contributed by atoms with Gasteiger partial charge in [0.05, 0.1) is 19.4 Å². The summed E-state index contributed by atoms with van der Waals surface area (Å²) in [6.07, 6.45) is 1.54. The van der Waals surface area contributed by atoms with E-state index in [9.17, 15) is 4.79 Å². The predicted molar refractivity (Wildman–Crippen MR) is 106 cm³/mol. The molecular weight excluding hydrogens is 344 g/mol. The molecule has 6 nitrogen and oxygen atoms in total. The SMILES string of the molecule is CCOC(=O)c1cnc2c(OC)cccc2c1NC(C)c1ccccc1.O. The number of anilines is 1. The number of benzene rings is 2. The summed E-state index contributed by atoms with van der Waals surface area (Å²) in [6.45, 7) is 4.15. The summed E-state index contributed by atoms with van der Waals surface area (Å²) in [4.78, 5) is 16.9. The maximum Gasteiger partial charge on any atom is 0.341 e. The number of hydrogen-bond acceptors (Lipinski definition) is 5. The Morgan fingerprint density at radius 1 is 1.15 bits per heavy atom. The lowest BCUT2D eigenvalue weighted by Gasteiger charge is -2.20. The maximum absolute atomic E-state index is 12.4. The Bertz CT molecular complexity index is 913. The average Bonchev–Trinajstić information content (AvgIpc) is 2.68. The van der Waals surface area contributed by atoms with E-state index in [2.05, 4.69) is 17.2 Å². The molecule has 0 aliphatic carbocycles. The molecule has 2 aromatic carbocycles. The molecule has 1 atom stereocenters. The number of aromatic nitrogens is 1. The smallest absolute Gasteiger partial charge is 0.341 e. The summed E-state index contributed by atoms with van der Waals surface area (Å²) in [5.41, 5.74) is 2.93. The number of carbonyl (C=O) groups excluding carboxylic acids is 1. The summed E-state index contributed by atoms with van der Waals surface area (Å²) in [5, 5.41) is 4.28. The van der Waals surface area contributed by atoms with Crippen LogP contribution in [0.3, 0.4) is 0 Å². The zero-order valence-electron chi connectivity index (χ0n) is 15.7. The summed E-state index contributed by atoms with van der Waals surface area (Å²) >= 11 is 0. The highest BCUT2D eigenvalue weighted by molar-refractivity contribution is 6.06. The minimum atomic E-state index is -0.396. The van der Waals surface area contributed by atoms with Crippen molar-refractivity contribution in [1.82, 2.24) is 4.98 Å². The first-order valence-electron chi connectivity index (χ1n) is 8.60.